The second kappa shape index (κ2) is 13.7. The number of halogens is 6. The number of carboxylic acid groups (broad SMARTS) is 2. The Morgan fingerprint density at radius 3 is 2.26 bits per heavy atom. The number of alkyl halides is 6. The van der Waals surface area contributed by atoms with E-state index in [1.165, 1.54) is 10.4 Å². The third kappa shape index (κ3) is 10.4. The normalized spacial score (nSPS) is 20.6. The molecule has 4 heterocycles. The first kappa shape index (κ1) is 32.0. The lowest BCUT2D eigenvalue weighted by molar-refractivity contribution is -0.193. The molecule has 0 aliphatic carbocycles. The van der Waals surface area contributed by atoms with Crippen LogP contribution in [0.5, 0.6) is 0 Å². The molecule has 0 spiro atoms. The van der Waals surface area contributed by atoms with Crippen LogP contribution in [0.2, 0.25) is 0 Å². The van der Waals surface area contributed by atoms with Gasteiger partial charge in [-0.05, 0) is 23.1 Å². The molecule has 0 saturated carbocycles. The molecule has 0 radical (unpaired) electrons. The van der Waals surface area contributed by atoms with Crippen molar-refractivity contribution in [2.24, 2.45) is 11.3 Å². The number of nitrogens with zero attached hydrogens (tertiary/aromatic N) is 2. The molecule has 0 bridgehead atoms. The summed E-state index contributed by atoms with van der Waals surface area (Å²) in [7, 11) is 0. The van der Waals surface area contributed by atoms with Gasteiger partial charge in [0.05, 0.1) is 19.8 Å². The van der Waals surface area contributed by atoms with Crippen LogP contribution >= 0.6 is 11.3 Å². The molecule has 4 rings (SSSR count). The summed E-state index contributed by atoms with van der Waals surface area (Å²) >= 11 is 1.67. The van der Waals surface area contributed by atoms with Crippen molar-refractivity contribution < 1.29 is 55.7 Å². The highest BCUT2D eigenvalue weighted by Crippen LogP contribution is 2.44. The van der Waals surface area contributed by atoms with E-state index in [4.69, 9.17) is 24.5 Å². The van der Waals surface area contributed by atoms with Crippen LogP contribution in [-0.2, 0) is 32.2 Å². The monoisotopic (exact) mass is 585 g/mol. The van der Waals surface area contributed by atoms with Gasteiger partial charge < -0.3 is 20.3 Å². The number of fused-ring (bicyclic) bond motifs is 1. The fourth-order valence-electron chi connectivity index (χ4n) is 4.04. The molecule has 9 nitrogen and oxygen atoms in total. The lowest BCUT2D eigenvalue weighted by atomic mass is 9.78. The first-order chi connectivity index (χ1) is 18.1. The lowest BCUT2D eigenvalue weighted by Crippen LogP contribution is -2.37. The van der Waals surface area contributed by atoms with E-state index in [0.717, 1.165) is 26.2 Å². The zero-order chi connectivity index (χ0) is 29.3. The SMILES string of the molecule is O=C(C[C@]12COC[C@H]1CN(Cc1cccnc1)C2)NCc1cccs1.O=C(O)C(F)(F)F.O=C(O)C(F)(F)F. The van der Waals surface area contributed by atoms with Crippen LogP contribution in [0.4, 0.5) is 26.3 Å². The van der Waals surface area contributed by atoms with Crippen molar-refractivity contribution in [3.05, 3.63) is 52.5 Å². The van der Waals surface area contributed by atoms with Crippen molar-refractivity contribution in [3.63, 3.8) is 0 Å². The van der Waals surface area contributed by atoms with Gasteiger partial charge in [-0.3, -0.25) is 14.7 Å². The number of thiophene rings is 1. The molecule has 0 aromatic carbocycles. The Labute approximate surface area is 222 Å². The summed E-state index contributed by atoms with van der Waals surface area (Å²) in [5.74, 6) is -4.94. The van der Waals surface area contributed by atoms with Crippen LogP contribution in [0, 0.1) is 11.3 Å². The highest BCUT2D eigenvalue weighted by atomic mass is 32.1. The Kier molecular flexibility index (Phi) is 11.2. The predicted molar refractivity (Wildman–Crippen MR) is 124 cm³/mol. The van der Waals surface area contributed by atoms with Crippen LogP contribution < -0.4 is 5.32 Å². The molecule has 16 heteroatoms. The van der Waals surface area contributed by atoms with Crippen molar-refractivity contribution >= 4 is 29.2 Å². The number of hydrogen-bond donors (Lipinski definition) is 3. The Morgan fingerprint density at radius 2 is 1.74 bits per heavy atom. The second-order valence-electron chi connectivity index (χ2n) is 8.74. The first-order valence-corrected chi connectivity index (χ1v) is 12.1. The standard InChI is InChI=1S/C19H23N3O2S.2C2HF3O2/c23-18(21-9-17-4-2-6-25-17)7-19-13-22(11-16(19)12-24-14-19)10-15-3-1-5-20-8-15;2*3-2(4,5)1(6)7/h1-6,8,16H,7,9-14H2,(H,21,23);2*(H,6,7)/t16-,19+;;/m1../s1. The van der Waals surface area contributed by atoms with Gasteiger partial charge in [-0.1, -0.05) is 12.1 Å². The highest BCUT2D eigenvalue weighted by molar-refractivity contribution is 7.09. The third-order valence-corrected chi connectivity index (χ3v) is 6.63. The summed E-state index contributed by atoms with van der Waals surface area (Å²) in [4.78, 5) is 38.1. The van der Waals surface area contributed by atoms with Gasteiger partial charge in [-0.2, -0.15) is 26.3 Å². The average molecular weight is 586 g/mol. The molecule has 3 N–H and O–H groups in total. The van der Waals surface area contributed by atoms with E-state index in [0.29, 0.717) is 25.5 Å². The minimum atomic E-state index is -5.08. The first-order valence-electron chi connectivity index (χ1n) is 11.2. The van der Waals surface area contributed by atoms with Crippen LogP contribution in [0.25, 0.3) is 0 Å². The van der Waals surface area contributed by atoms with Crippen molar-refractivity contribution in [1.29, 1.82) is 0 Å². The van der Waals surface area contributed by atoms with Gasteiger partial charge in [0.2, 0.25) is 5.91 Å². The maximum atomic E-state index is 12.5. The largest absolute Gasteiger partial charge is 0.490 e. The second-order valence-corrected chi connectivity index (χ2v) is 9.78. The molecule has 0 unspecified atom stereocenters. The smallest absolute Gasteiger partial charge is 0.475 e. The van der Waals surface area contributed by atoms with E-state index >= 15 is 0 Å². The number of carboxylic acids is 2. The molecule has 2 fully saturated rings. The van der Waals surface area contributed by atoms with E-state index in [9.17, 15) is 31.1 Å². The molecule has 1 amide bonds. The summed E-state index contributed by atoms with van der Waals surface area (Å²) in [6, 6.07) is 8.15. The fourth-order valence-corrected chi connectivity index (χ4v) is 4.69. The highest BCUT2D eigenvalue weighted by Gasteiger charge is 2.51. The average Bonchev–Trinajstić information content (AvgIpc) is 3.54. The topological polar surface area (TPSA) is 129 Å². The van der Waals surface area contributed by atoms with Crippen LogP contribution in [0.15, 0.2) is 42.0 Å². The van der Waals surface area contributed by atoms with E-state index in [2.05, 4.69) is 27.3 Å². The van der Waals surface area contributed by atoms with E-state index in [1.54, 1.807) is 17.5 Å². The number of likely N-dealkylation sites (tertiary alicyclic amines) is 1. The molecule has 2 atom stereocenters. The van der Waals surface area contributed by atoms with Crippen LogP contribution in [-0.4, -0.2) is 76.6 Å². The molecular weight excluding hydrogens is 560 g/mol. The summed E-state index contributed by atoms with van der Waals surface area (Å²) < 4.78 is 69.2. The number of ether oxygens (including phenoxy) is 1. The van der Waals surface area contributed by atoms with Crippen LogP contribution in [0.3, 0.4) is 0 Å². The van der Waals surface area contributed by atoms with Gasteiger partial charge in [-0.15, -0.1) is 11.3 Å². The summed E-state index contributed by atoms with van der Waals surface area (Å²) in [6.07, 6.45) is -5.90. The van der Waals surface area contributed by atoms with E-state index in [-0.39, 0.29) is 11.3 Å². The van der Waals surface area contributed by atoms with Gasteiger partial charge in [-0.25, -0.2) is 9.59 Å². The molecule has 39 heavy (non-hydrogen) atoms. The molecular formula is C23H25F6N3O6S. The molecule has 2 aliphatic rings. The fraction of sp³-hybridized carbons (Fsp3) is 0.478. The van der Waals surface area contributed by atoms with Gasteiger partial charge in [0.25, 0.3) is 0 Å². The maximum absolute atomic E-state index is 12.5. The summed E-state index contributed by atoms with van der Waals surface area (Å²) in [5.41, 5.74) is 1.18. The van der Waals surface area contributed by atoms with E-state index < -0.39 is 24.3 Å². The lowest BCUT2D eigenvalue weighted by Gasteiger charge is -2.26. The van der Waals surface area contributed by atoms with Gasteiger partial charge >= 0.3 is 24.3 Å². The Bertz CT molecular complexity index is 1060. The molecule has 2 saturated heterocycles. The van der Waals surface area contributed by atoms with Crippen molar-refractivity contribution in [2.75, 3.05) is 26.3 Å². The van der Waals surface area contributed by atoms with Gasteiger partial charge in [0, 0.05) is 54.7 Å². The third-order valence-electron chi connectivity index (χ3n) is 5.76. The number of carbonyl (C=O) groups excluding carboxylic acids is 1. The number of hydrogen-bond acceptors (Lipinski definition) is 7. The summed E-state index contributed by atoms with van der Waals surface area (Å²) in [5, 5.41) is 19.4. The molecule has 2 aromatic rings. The van der Waals surface area contributed by atoms with Crippen molar-refractivity contribution in [3.8, 4) is 0 Å². The van der Waals surface area contributed by atoms with Gasteiger partial charge in [0.1, 0.15) is 0 Å². The van der Waals surface area contributed by atoms with Crippen molar-refractivity contribution in [1.82, 2.24) is 15.2 Å². The zero-order valence-corrected chi connectivity index (χ0v) is 21.0. The quantitative estimate of drug-likeness (QED) is 0.439. The number of pyridine rings is 1. The Morgan fingerprint density at radius 1 is 1.10 bits per heavy atom. The number of rotatable bonds is 6. The number of amides is 1. The minimum Gasteiger partial charge on any atom is -0.475 e. The van der Waals surface area contributed by atoms with Gasteiger partial charge in [0.15, 0.2) is 0 Å². The zero-order valence-electron chi connectivity index (χ0n) is 20.2. The number of aromatic nitrogens is 1. The predicted octanol–water partition coefficient (Wildman–Crippen LogP) is 3.56. The Hall–Kier alpha value is -3.24. The van der Waals surface area contributed by atoms with E-state index in [1.807, 2.05) is 23.7 Å². The maximum Gasteiger partial charge on any atom is 0.490 e. The number of aliphatic carboxylic acids is 2. The number of carbonyl (C=O) groups is 3. The summed E-state index contributed by atoms with van der Waals surface area (Å²) in [6.45, 7) is 4.88. The minimum absolute atomic E-state index is 0.0399. The molecule has 2 aromatic heterocycles. The Balaban J connectivity index is 0.000000317. The molecule has 2 aliphatic heterocycles. The number of nitrogens with one attached hydrogen (secondary N) is 1. The molecule has 216 valence electrons. The van der Waals surface area contributed by atoms with Crippen LogP contribution in [0.1, 0.15) is 16.9 Å². The van der Waals surface area contributed by atoms with Crippen molar-refractivity contribution in [2.45, 2.75) is 31.9 Å².